The van der Waals surface area contributed by atoms with Crippen molar-refractivity contribution >= 4 is 16.9 Å². The molecular formula is C24H22N4O5. The molecule has 0 bridgehead atoms. The van der Waals surface area contributed by atoms with Crippen molar-refractivity contribution in [3.8, 4) is 17.0 Å². The van der Waals surface area contributed by atoms with Gasteiger partial charge in [0.15, 0.2) is 11.3 Å². The molecule has 0 saturated heterocycles. The number of nitrogens with zero attached hydrogens (tertiary/aromatic N) is 3. The van der Waals surface area contributed by atoms with E-state index in [1.807, 2.05) is 19.1 Å². The summed E-state index contributed by atoms with van der Waals surface area (Å²) >= 11 is 0. The smallest absolute Gasteiger partial charge is 0.349 e. The Morgan fingerprint density at radius 1 is 1.12 bits per heavy atom. The van der Waals surface area contributed by atoms with Gasteiger partial charge in [0, 0.05) is 42.5 Å². The number of hydrogen-bond donors (Lipinski definition) is 1. The average molecular weight is 446 g/mol. The zero-order valence-corrected chi connectivity index (χ0v) is 18.0. The summed E-state index contributed by atoms with van der Waals surface area (Å²) in [6.07, 6.45) is 3.76. The quantitative estimate of drug-likeness (QED) is 0.327. The van der Waals surface area contributed by atoms with Crippen LogP contribution >= 0.6 is 0 Å². The minimum Gasteiger partial charge on any atom is -0.490 e. The number of aryl methyl sites for hydroxylation is 1. The number of para-hydroxylation sites is 1. The lowest BCUT2D eigenvalue weighted by atomic mass is 10.1. The summed E-state index contributed by atoms with van der Waals surface area (Å²) in [5.74, 6) is -0.0932. The first-order valence-corrected chi connectivity index (χ1v) is 10.5. The maximum absolute atomic E-state index is 12.5. The van der Waals surface area contributed by atoms with E-state index in [9.17, 15) is 14.4 Å². The molecule has 1 N–H and O–H groups in total. The second-order valence-corrected chi connectivity index (χ2v) is 7.18. The molecule has 0 spiro atoms. The summed E-state index contributed by atoms with van der Waals surface area (Å²) in [6, 6.07) is 13.4. The van der Waals surface area contributed by atoms with Gasteiger partial charge in [-0.3, -0.25) is 14.6 Å². The first-order chi connectivity index (χ1) is 16.1. The highest BCUT2D eigenvalue weighted by atomic mass is 16.5. The van der Waals surface area contributed by atoms with Crippen molar-refractivity contribution in [2.75, 3.05) is 13.2 Å². The van der Waals surface area contributed by atoms with Crippen molar-refractivity contribution in [3.63, 3.8) is 0 Å². The summed E-state index contributed by atoms with van der Waals surface area (Å²) in [5.41, 5.74) is 0.741. The van der Waals surface area contributed by atoms with Crippen molar-refractivity contribution in [1.82, 2.24) is 20.1 Å². The Bertz CT molecular complexity index is 1400. The van der Waals surface area contributed by atoms with Crippen LogP contribution in [0.3, 0.4) is 0 Å². The van der Waals surface area contributed by atoms with E-state index in [-0.39, 0.29) is 17.7 Å². The van der Waals surface area contributed by atoms with Crippen LogP contribution in [-0.2, 0) is 6.54 Å². The van der Waals surface area contributed by atoms with Crippen LogP contribution in [0.1, 0.15) is 23.7 Å². The van der Waals surface area contributed by atoms with Gasteiger partial charge < -0.3 is 14.5 Å². The fourth-order valence-electron chi connectivity index (χ4n) is 3.36. The van der Waals surface area contributed by atoms with Crippen LogP contribution < -0.4 is 21.2 Å². The minimum absolute atomic E-state index is 0.0916. The van der Waals surface area contributed by atoms with E-state index in [4.69, 9.17) is 9.15 Å². The molecule has 168 valence electrons. The molecule has 0 unspecified atom stereocenters. The number of amides is 1. The lowest BCUT2D eigenvalue weighted by Crippen LogP contribution is -2.30. The van der Waals surface area contributed by atoms with Gasteiger partial charge in [-0.25, -0.2) is 9.48 Å². The number of hydrogen-bond acceptors (Lipinski definition) is 7. The molecule has 1 amide bonds. The normalized spacial score (nSPS) is 10.8. The fourth-order valence-corrected chi connectivity index (χ4v) is 3.36. The Labute approximate surface area is 188 Å². The minimum atomic E-state index is -0.741. The number of aromatic nitrogens is 3. The van der Waals surface area contributed by atoms with Gasteiger partial charge in [0.1, 0.15) is 5.56 Å². The Morgan fingerprint density at radius 3 is 2.73 bits per heavy atom. The average Bonchev–Trinajstić information content (AvgIpc) is 2.83. The topological polar surface area (TPSA) is 116 Å². The van der Waals surface area contributed by atoms with Gasteiger partial charge in [0.2, 0.25) is 0 Å². The SMILES string of the molecule is CCOc1cccc2cc(C(=O)NCCCn3nc(-c4ccncc4)ccc3=O)c(=O)oc12. The Balaban J connectivity index is 1.41. The summed E-state index contributed by atoms with van der Waals surface area (Å²) < 4.78 is 12.2. The number of fused-ring (bicyclic) bond motifs is 1. The summed E-state index contributed by atoms with van der Waals surface area (Å²) in [5, 5.41) is 7.67. The highest BCUT2D eigenvalue weighted by Crippen LogP contribution is 2.24. The van der Waals surface area contributed by atoms with E-state index in [1.54, 1.807) is 36.7 Å². The molecule has 0 aliphatic carbocycles. The van der Waals surface area contributed by atoms with Crippen LogP contribution in [0.2, 0.25) is 0 Å². The zero-order valence-electron chi connectivity index (χ0n) is 18.0. The fraction of sp³-hybridized carbons (Fsp3) is 0.208. The van der Waals surface area contributed by atoms with Gasteiger partial charge in [-0.1, -0.05) is 12.1 Å². The molecule has 0 aliphatic heterocycles. The van der Waals surface area contributed by atoms with Crippen molar-refractivity contribution in [2.24, 2.45) is 0 Å². The second kappa shape index (κ2) is 9.90. The third-order valence-corrected chi connectivity index (χ3v) is 4.94. The van der Waals surface area contributed by atoms with Crippen molar-refractivity contribution in [3.05, 3.63) is 87.3 Å². The Kier molecular flexibility index (Phi) is 6.58. The maximum atomic E-state index is 12.5. The van der Waals surface area contributed by atoms with Crippen LogP contribution in [0.25, 0.3) is 22.2 Å². The van der Waals surface area contributed by atoms with Crippen LogP contribution in [0, 0.1) is 0 Å². The van der Waals surface area contributed by atoms with E-state index < -0.39 is 11.5 Å². The van der Waals surface area contributed by atoms with Crippen molar-refractivity contribution < 1.29 is 13.9 Å². The molecule has 0 atom stereocenters. The molecule has 0 aliphatic rings. The first-order valence-electron chi connectivity index (χ1n) is 10.5. The van der Waals surface area contributed by atoms with Crippen LogP contribution in [0.5, 0.6) is 5.75 Å². The number of carbonyl (C=O) groups is 1. The molecule has 3 aromatic heterocycles. The zero-order chi connectivity index (χ0) is 23.2. The summed E-state index contributed by atoms with van der Waals surface area (Å²) in [7, 11) is 0. The van der Waals surface area contributed by atoms with E-state index in [1.165, 1.54) is 16.8 Å². The van der Waals surface area contributed by atoms with Gasteiger partial charge in [-0.05, 0) is 43.7 Å². The van der Waals surface area contributed by atoms with E-state index in [2.05, 4.69) is 15.4 Å². The first kappa shape index (κ1) is 21.9. The number of benzene rings is 1. The molecule has 9 nitrogen and oxygen atoms in total. The van der Waals surface area contributed by atoms with Crippen molar-refractivity contribution in [2.45, 2.75) is 19.9 Å². The third-order valence-electron chi connectivity index (χ3n) is 4.94. The van der Waals surface area contributed by atoms with Gasteiger partial charge in [0.05, 0.1) is 12.3 Å². The number of nitrogens with one attached hydrogen (secondary N) is 1. The largest absolute Gasteiger partial charge is 0.490 e. The highest BCUT2D eigenvalue weighted by molar-refractivity contribution is 5.97. The second-order valence-electron chi connectivity index (χ2n) is 7.18. The number of carbonyl (C=O) groups excluding carboxylic acids is 1. The number of ether oxygens (including phenoxy) is 1. The Hall–Kier alpha value is -4.27. The van der Waals surface area contributed by atoms with E-state index in [0.29, 0.717) is 42.0 Å². The third kappa shape index (κ3) is 4.98. The van der Waals surface area contributed by atoms with Gasteiger partial charge in [-0.2, -0.15) is 5.10 Å². The molecule has 4 rings (SSSR count). The lowest BCUT2D eigenvalue weighted by Gasteiger charge is -2.09. The highest BCUT2D eigenvalue weighted by Gasteiger charge is 2.15. The molecular weight excluding hydrogens is 424 g/mol. The molecule has 33 heavy (non-hydrogen) atoms. The summed E-state index contributed by atoms with van der Waals surface area (Å²) in [6.45, 7) is 2.82. The monoisotopic (exact) mass is 446 g/mol. The molecule has 0 saturated carbocycles. The molecule has 1 aromatic carbocycles. The predicted octanol–water partition coefficient (Wildman–Crippen LogP) is 2.63. The predicted molar refractivity (Wildman–Crippen MR) is 122 cm³/mol. The van der Waals surface area contributed by atoms with Crippen molar-refractivity contribution in [1.29, 1.82) is 0 Å². The molecule has 0 radical (unpaired) electrons. The summed E-state index contributed by atoms with van der Waals surface area (Å²) in [4.78, 5) is 41.0. The number of rotatable bonds is 8. The molecule has 9 heteroatoms. The molecule has 4 aromatic rings. The van der Waals surface area contributed by atoms with Crippen LogP contribution in [0.15, 0.2) is 74.9 Å². The van der Waals surface area contributed by atoms with Gasteiger partial charge in [-0.15, -0.1) is 0 Å². The van der Waals surface area contributed by atoms with Crippen LogP contribution in [0.4, 0.5) is 0 Å². The Morgan fingerprint density at radius 2 is 1.94 bits per heavy atom. The standard InChI is InChI=1S/C24H22N4O5/c1-2-32-20-6-3-5-17-15-18(24(31)33-22(17)20)23(30)26-11-4-14-28-21(29)8-7-19(27-28)16-9-12-25-13-10-16/h3,5-10,12-13,15H,2,4,11,14H2,1H3,(H,26,30). The molecule has 0 fully saturated rings. The number of pyridine rings is 1. The van der Waals surface area contributed by atoms with Gasteiger partial charge >= 0.3 is 5.63 Å². The van der Waals surface area contributed by atoms with E-state index in [0.717, 1.165) is 5.56 Å². The maximum Gasteiger partial charge on any atom is 0.349 e. The van der Waals surface area contributed by atoms with Crippen LogP contribution in [-0.4, -0.2) is 33.8 Å². The lowest BCUT2D eigenvalue weighted by molar-refractivity contribution is 0.0949. The van der Waals surface area contributed by atoms with Gasteiger partial charge in [0.25, 0.3) is 11.5 Å². The van der Waals surface area contributed by atoms with E-state index >= 15 is 0 Å². The molecule has 3 heterocycles.